The van der Waals surface area contributed by atoms with Gasteiger partial charge in [0.25, 0.3) is 5.91 Å². The number of aryl methyl sites for hydroxylation is 1. The molecule has 0 saturated heterocycles. The number of fused-ring (bicyclic) bond motifs is 1. The third-order valence-electron chi connectivity index (χ3n) is 4.91. The molecular weight excluding hydrogens is 380 g/mol. The summed E-state index contributed by atoms with van der Waals surface area (Å²) in [5, 5.41) is 2.84. The Kier molecular flexibility index (Phi) is 5.98. The molecule has 30 heavy (non-hydrogen) atoms. The molecule has 4 rings (SSSR count). The number of hydrogen-bond acceptors (Lipinski definition) is 5. The van der Waals surface area contributed by atoms with Gasteiger partial charge in [-0.3, -0.25) is 19.6 Å². The van der Waals surface area contributed by atoms with Crippen LogP contribution in [0.25, 0.3) is 0 Å². The number of aromatic nitrogens is 2. The fourth-order valence-electron chi connectivity index (χ4n) is 3.34. The maximum absolute atomic E-state index is 13.0. The Morgan fingerprint density at radius 3 is 2.63 bits per heavy atom. The van der Waals surface area contributed by atoms with Crippen LogP contribution in [0.15, 0.2) is 67.3 Å². The lowest BCUT2D eigenvalue weighted by Gasteiger charge is -2.23. The van der Waals surface area contributed by atoms with Gasteiger partial charge in [0.2, 0.25) is 5.91 Å². The summed E-state index contributed by atoms with van der Waals surface area (Å²) >= 11 is 0. The molecule has 1 aliphatic rings. The van der Waals surface area contributed by atoms with Crippen molar-refractivity contribution in [1.82, 2.24) is 14.9 Å². The van der Waals surface area contributed by atoms with Gasteiger partial charge in [0.1, 0.15) is 5.75 Å². The summed E-state index contributed by atoms with van der Waals surface area (Å²) in [6.45, 7) is 0.820. The molecule has 3 heterocycles. The van der Waals surface area contributed by atoms with Gasteiger partial charge >= 0.3 is 0 Å². The molecule has 152 valence electrons. The predicted molar refractivity (Wildman–Crippen MR) is 112 cm³/mol. The summed E-state index contributed by atoms with van der Waals surface area (Å²) in [7, 11) is 0. The second-order valence-corrected chi connectivity index (χ2v) is 7.12. The molecule has 7 heteroatoms. The van der Waals surface area contributed by atoms with E-state index in [1.54, 1.807) is 35.8 Å². The van der Waals surface area contributed by atoms with Crippen LogP contribution in [0.1, 0.15) is 23.1 Å². The highest BCUT2D eigenvalue weighted by molar-refractivity contribution is 5.94. The summed E-state index contributed by atoms with van der Waals surface area (Å²) < 4.78 is 5.79. The Labute approximate surface area is 174 Å². The van der Waals surface area contributed by atoms with Crippen LogP contribution in [-0.2, 0) is 29.1 Å². The van der Waals surface area contributed by atoms with Crippen LogP contribution in [-0.4, -0.2) is 33.3 Å². The van der Waals surface area contributed by atoms with Gasteiger partial charge in [0.05, 0.1) is 0 Å². The Balaban J connectivity index is 1.44. The monoisotopic (exact) mass is 402 g/mol. The fourth-order valence-corrected chi connectivity index (χ4v) is 3.34. The lowest BCUT2D eigenvalue weighted by molar-refractivity contribution is -0.134. The molecule has 7 nitrogen and oxygen atoms in total. The van der Waals surface area contributed by atoms with Crippen molar-refractivity contribution >= 4 is 17.5 Å². The number of carbonyl (C=O) groups is 2. The van der Waals surface area contributed by atoms with Crippen molar-refractivity contribution in [1.29, 1.82) is 0 Å². The van der Waals surface area contributed by atoms with E-state index in [0.29, 0.717) is 31.7 Å². The number of carbonyl (C=O) groups excluding carboxylic acids is 2. The van der Waals surface area contributed by atoms with Gasteiger partial charge in [-0.05, 0) is 59.5 Å². The summed E-state index contributed by atoms with van der Waals surface area (Å²) in [4.78, 5) is 34.4. The van der Waals surface area contributed by atoms with Crippen molar-refractivity contribution in [2.75, 3.05) is 11.9 Å². The molecule has 1 aliphatic heterocycles. The first-order valence-electron chi connectivity index (χ1n) is 9.78. The fraction of sp³-hybridized carbons (Fsp3) is 0.217. The van der Waals surface area contributed by atoms with Gasteiger partial charge in [0.15, 0.2) is 6.61 Å². The highest BCUT2D eigenvalue weighted by Gasteiger charge is 2.18. The normalized spacial score (nSPS) is 12.6. The molecule has 0 saturated carbocycles. The molecule has 3 aromatic rings. The molecular formula is C23H22N4O3. The molecule has 0 aliphatic carbocycles. The largest absolute Gasteiger partial charge is 0.484 e. The highest BCUT2D eigenvalue weighted by Crippen LogP contribution is 2.26. The highest BCUT2D eigenvalue weighted by atomic mass is 16.5. The Bertz CT molecular complexity index is 984. The van der Waals surface area contributed by atoms with Crippen molar-refractivity contribution in [3.8, 4) is 5.75 Å². The van der Waals surface area contributed by atoms with E-state index in [9.17, 15) is 9.59 Å². The van der Waals surface area contributed by atoms with Crippen LogP contribution in [0.4, 0.5) is 5.69 Å². The van der Waals surface area contributed by atoms with Gasteiger partial charge in [0, 0.05) is 50.0 Å². The molecule has 0 atom stereocenters. The van der Waals surface area contributed by atoms with E-state index < -0.39 is 0 Å². The first-order chi connectivity index (χ1) is 14.7. The maximum atomic E-state index is 13.0. The number of ether oxygens (including phenoxy) is 1. The first-order valence-corrected chi connectivity index (χ1v) is 9.78. The standard InChI is InChI=1S/C23H22N4O3/c28-22-6-3-19-12-20(4-5-21(19)26-22)30-16-23(29)27(14-17-7-10-24-11-8-17)15-18-2-1-9-25-13-18/h1-2,4-5,7-13H,3,6,14-16H2,(H,26,28). The van der Waals surface area contributed by atoms with Crippen LogP contribution in [0.5, 0.6) is 5.75 Å². The zero-order valence-electron chi connectivity index (χ0n) is 16.5. The van der Waals surface area contributed by atoms with Crippen LogP contribution in [0, 0.1) is 0 Å². The number of pyridine rings is 2. The summed E-state index contributed by atoms with van der Waals surface area (Å²) in [5.41, 5.74) is 3.76. The van der Waals surface area contributed by atoms with Crippen LogP contribution >= 0.6 is 0 Å². The van der Waals surface area contributed by atoms with Crippen molar-refractivity contribution in [3.63, 3.8) is 0 Å². The molecule has 2 aromatic heterocycles. The van der Waals surface area contributed by atoms with Crippen molar-refractivity contribution in [2.24, 2.45) is 0 Å². The van der Waals surface area contributed by atoms with E-state index in [0.717, 1.165) is 22.4 Å². The minimum absolute atomic E-state index is 0.0218. The topological polar surface area (TPSA) is 84.4 Å². The van der Waals surface area contributed by atoms with Crippen LogP contribution in [0.2, 0.25) is 0 Å². The van der Waals surface area contributed by atoms with Gasteiger partial charge in [-0.25, -0.2) is 0 Å². The average Bonchev–Trinajstić information content (AvgIpc) is 2.78. The maximum Gasteiger partial charge on any atom is 0.261 e. The second kappa shape index (κ2) is 9.17. The summed E-state index contributed by atoms with van der Waals surface area (Å²) in [5.74, 6) is 0.513. The summed E-state index contributed by atoms with van der Waals surface area (Å²) in [6, 6.07) is 13.1. The Hall–Kier alpha value is -3.74. The number of nitrogens with zero attached hydrogens (tertiary/aromatic N) is 3. The van der Waals surface area contributed by atoms with E-state index >= 15 is 0 Å². The lowest BCUT2D eigenvalue weighted by Crippen LogP contribution is -2.34. The number of rotatable bonds is 7. The predicted octanol–water partition coefficient (Wildman–Crippen LogP) is 2.97. The molecule has 1 aromatic carbocycles. The van der Waals surface area contributed by atoms with Crippen molar-refractivity contribution in [2.45, 2.75) is 25.9 Å². The van der Waals surface area contributed by atoms with Crippen LogP contribution < -0.4 is 10.1 Å². The minimum Gasteiger partial charge on any atom is -0.484 e. The molecule has 0 radical (unpaired) electrons. The van der Waals surface area contributed by atoms with Crippen LogP contribution in [0.3, 0.4) is 0 Å². The SMILES string of the molecule is O=C1CCc2cc(OCC(=O)N(Cc3ccncc3)Cc3cccnc3)ccc2N1. The smallest absolute Gasteiger partial charge is 0.261 e. The van der Waals surface area contributed by atoms with Gasteiger partial charge < -0.3 is 15.0 Å². The molecule has 0 unspecified atom stereocenters. The number of nitrogens with one attached hydrogen (secondary N) is 1. The third kappa shape index (κ3) is 5.00. The van der Waals surface area contributed by atoms with E-state index in [-0.39, 0.29) is 18.4 Å². The van der Waals surface area contributed by atoms with Gasteiger partial charge in [-0.15, -0.1) is 0 Å². The van der Waals surface area contributed by atoms with E-state index in [1.807, 2.05) is 36.4 Å². The Morgan fingerprint density at radius 2 is 1.83 bits per heavy atom. The van der Waals surface area contributed by atoms with Crippen molar-refractivity contribution in [3.05, 3.63) is 83.9 Å². The zero-order valence-corrected chi connectivity index (χ0v) is 16.5. The quantitative estimate of drug-likeness (QED) is 0.657. The number of benzene rings is 1. The minimum atomic E-state index is -0.123. The molecule has 0 fully saturated rings. The van der Waals surface area contributed by atoms with Crippen molar-refractivity contribution < 1.29 is 14.3 Å². The average molecular weight is 402 g/mol. The molecule has 1 N–H and O–H groups in total. The number of hydrogen-bond donors (Lipinski definition) is 1. The van der Waals surface area contributed by atoms with Gasteiger partial charge in [-0.2, -0.15) is 0 Å². The molecule has 0 bridgehead atoms. The van der Waals surface area contributed by atoms with E-state index in [4.69, 9.17) is 4.74 Å². The van der Waals surface area contributed by atoms with E-state index in [2.05, 4.69) is 15.3 Å². The Morgan fingerprint density at radius 1 is 1.00 bits per heavy atom. The van der Waals surface area contributed by atoms with E-state index in [1.165, 1.54) is 0 Å². The molecule has 2 amide bonds. The summed E-state index contributed by atoms with van der Waals surface area (Å²) in [6.07, 6.45) is 8.02. The number of anilines is 1. The first kappa shape index (κ1) is 19.6. The zero-order chi connectivity index (χ0) is 20.8. The molecule has 0 spiro atoms. The second-order valence-electron chi connectivity index (χ2n) is 7.12. The number of amides is 2. The van der Waals surface area contributed by atoms with Gasteiger partial charge in [-0.1, -0.05) is 6.07 Å². The third-order valence-corrected chi connectivity index (χ3v) is 4.91. The lowest BCUT2D eigenvalue weighted by atomic mass is 10.0.